The van der Waals surface area contributed by atoms with Gasteiger partial charge in [-0.1, -0.05) is 30.3 Å². The van der Waals surface area contributed by atoms with Crippen LogP contribution in [0.15, 0.2) is 35.1 Å². The van der Waals surface area contributed by atoms with Crippen LogP contribution in [0, 0.1) is 6.92 Å². The summed E-state index contributed by atoms with van der Waals surface area (Å²) in [5.74, 6) is 0. The number of fused-ring (bicyclic) bond motifs is 1. The number of nitrogens with one attached hydrogen (secondary N) is 1. The summed E-state index contributed by atoms with van der Waals surface area (Å²) in [5, 5.41) is 0. The van der Waals surface area contributed by atoms with Gasteiger partial charge >= 0.3 is 0 Å². The number of pyridine rings is 1. The van der Waals surface area contributed by atoms with E-state index in [2.05, 4.69) is 4.98 Å². The van der Waals surface area contributed by atoms with Gasteiger partial charge in [-0.25, -0.2) is 0 Å². The standard InChI is InChI=1S/C16H17NO/c1-11-15(12-7-3-2-4-8-12)16(18)13-9-5-6-10-14(13)17-11/h2-4,7-8H,5-6,9-10H2,1H3,(H,17,18). The Hall–Kier alpha value is -1.83. The van der Waals surface area contributed by atoms with Crippen molar-refractivity contribution >= 4 is 0 Å². The molecule has 0 unspecified atom stereocenters. The largest absolute Gasteiger partial charge is 0.362 e. The van der Waals surface area contributed by atoms with E-state index in [0.29, 0.717) is 0 Å². The highest BCUT2D eigenvalue weighted by Crippen LogP contribution is 2.23. The van der Waals surface area contributed by atoms with E-state index >= 15 is 0 Å². The Morgan fingerprint density at radius 1 is 1.06 bits per heavy atom. The third-order valence-electron chi connectivity index (χ3n) is 3.74. The molecule has 1 aromatic carbocycles. The van der Waals surface area contributed by atoms with Gasteiger partial charge in [0.1, 0.15) is 0 Å². The lowest BCUT2D eigenvalue weighted by atomic mass is 9.91. The number of rotatable bonds is 1. The molecular weight excluding hydrogens is 222 g/mol. The molecule has 3 rings (SSSR count). The third kappa shape index (κ3) is 1.78. The van der Waals surface area contributed by atoms with E-state index in [4.69, 9.17) is 0 Å². The number of benzene rings is 1. The van der Waals surface area contributed by atoms with Crippen LogP contribution in [0.25, 0.3) is 11.1 Å². The van der Waals surface area contributed by atoms with Crippen LogP contribution in [0.5, 0.6) is 0 Å². The highest BCUT2D eigenvalue weighted by atomic mass is 16.1. The molecule has 1 aliphatic rings. The molecule has 1 aliphatic carbocycles. The fourth-order valence-corrected chi connectivity index (χ4v) is 2.86. The van der Waals surface area contributed by atoms with Crippen LogP contribution >= 0.6 is 0 Å². The van der Waals surface area contributed by atoms with Crippen LogP contribution in [0.3, 0.4) is 0 Å². The first-order valence-electron chi connectivity index (χ1n) is 6.57. The fraction of sp³-hybridized carbons (Fsp3) is 0.312. The van der Waals surface area contributed by atoms with Crippen molar-refractivity contribution in [3.05, 3.63) is 57.5 Å². The normalized spacial score (nSPS) is 14.3. The Labute approximate surface area is 107 Å². The van der Waals surface area contributed by atoms with Crippen molar-refractivity contribution in [2.75, 3.05) is 0 Å². The summed E-state index contributed by atoms with van der Waals surface area (Å²) >= 11 is 0. The van der Waals surface area contributed by atoms with Gasteiger partial charge in [-0.2, -0.15) is 0 Å². The Bertz CT molecular complexity index is 626. The highest BCUT2D eigenvalue weighted by Gasteiger charge is 2.18. The molecule has 2 heteroatoms. The Balaban J connectivity index is 2.25. The van der Waals surface area contributed by atoms with Gasteiger partial charge in [0, 0.05) is 22.5 Å². The van der Waals surface area contributed by atoms with Crippen molar-refractivity contribution in [3.63, 3.8) is 0 Å². The molecule has 1 heterocycles. The molecule has 0 amide bonds. The number of aromatic nitrogens is 1. The van der Waals surface area contributed by atoms with Crippen LogP contribution < -0.4 is 5.43 Å². The van der Waals surface area contributed by atoms with Crippen molar-refractivity contribution in [2.45, 2.75) is 32.6 Å². The molecule has 92 valence electrons. The molecule has 2 aromatic rings. The van der Waals surface area contributed by atoms with Crippen molar-refractivity contribution in [1.29, 1.82) is 0 Å². The van der Waals surface area contributed by atoms with Crippen molar-refractivity contribution in [3.8, 4) is 11.1 Å². The average molecular weight is 239 g/mol. The molecule has 18 heavy (non-hydrogen) atoms. The zero-order chi connectivity index (χ0) is 12.5. The molecule has 0 saturated heterocycles. The van der Waals surface area contributed by atoms with E-state index in [1.807, 2.05) is 37.3 Å². The van der Waals surface area contributed by atoms with Gasteiger partial charge in [0.2, 0.25) is 0 Å². The first-order chi connectivity index (χ1) is 8.77. The minimum absolute atomic E-state index is 0.229. The predicted molar refractivity (Wildman–Crippen MR) is 73.9 cm³/mol. The van der Waals surface area contributed by atoms with Crippen molar-refractivity contribution < 1.29 is 0 Å². The van der Waals surface area contributed by atoms with Crippen LogP contribution in [0.4, 0.5) is 0 Å². The Morgan fingerprint density at radius 3 is 2.56 bits per heavy atom. The van der Waals surface area contributed by atoms with Gasteiger partial charge in [0.05, 0.1) is 0 Å². The fourth-order valence-electron chi connectivity index (χ4n) is 2.86. The number of aryl methyl sites for hydroxylation is 2. The molecule has 0 saturated carbocycles. The molecule has 0 spiro atoms. The molecule has 0 aliphatic heterocycles. The van der Waals surface area contributed by atoms with Crippen molar-refractivity contribution in [1.82, 2.24) is 4.98 Å². The quantitative estimate of drug-likeness (QED) is 0.814. The molecule has 1 aromatic heterocycles. The minimum Gasteiger partial charge on any atom is -0.362 e. The summed E-state index contributed by atoms with van der Waals surface area (Å²) in [4.78, 5) is 16.1. The smallest absolute Gasteiger partial charge is 0.193 e. The van der Waals surface area contributed by atoms with Gasteiger partial charge in [0.25, 0.3) is 0 Å². The van der Waals surface area contributed by atoms with Gasteiger partial charge in [-0.3, -0.25) is 4.79 Å². The van der Waals surface area contributed by atoms with Gasteiger partial charge < -0.3 is 4.98 Å². The first kappa shape index (κ1) is 11.3. The summed E-state index contributed by atoms with van der Waals surface area (Å²) in [7, 11) is 0. The highest BCUT2D eigenvalue weighted by molar-refractivity contribution is 5.66. The first-order valence-corrected chi connectivity index (χ1v) is 6.57. The monoisotopic (exact) mass is 239 g/mol. The predicted octanol–water partition coefficient (Wildman–Crippen LogP) is 3.23. The van der Waals surface area contributed by atoms with E-state index in [-0.39, 0.29) is 5.43 Å². The van der Waals surface area contributed by atoms with Crippen LogP contribution in [-0.4, -0.2) is 4.98 Å². The zero-order valence-corrected chi connectivity index (χ0v) is 10.6. The molecule has 0 bridgehead atoms. The maximum Gasteiger partial charge on any atom is 0.193 e. The van der Waals surface area contributed by atoms with Gasteiger partial charge in [-0.15, -0.1) is 0 Å². The topological polar surface area (TPSA) is 32.9 Å². The van der Waals surface area contributed by atoms with Gasteiger partial charge in [-0.05, 0) is 38.2 Å². The lowest BCUT2D eigenvalue weighted by Gasteiger charge is -2.18. The lowest BCUT2D eigenvalue weighted by Crippen LogP contribution is -2.21. The third-order valence-corrected chi connectivity index (χ3v) is 3.74. The summed E-state index contributed by atoms with van der Waals surface area (Å²) < 4.78 is 0. The van der Waals surface area contributed by atoms with E-state index in [1.54, 1.807) is 0 Å². The minimum atomic E-state index is 0.229. The molecule has 0 atom stereocenters. The number of H-pyrrole nitrogens is 1. The summed E-state index contributed by atoms with van der Waals surface area (Å²) in [5.41, 5.74) is 5.24. The van der Waals surface area contributed by atoms with E-state index in [9.17, 15) is 4.79 Å². The molecule has 1 N–H and O–H groups in total. The molecule has 0 radical (unpaired) electrons. The van der Waals surface area contributed by atoms with E-state index < -0.39 is 0 Å². The van der Waals surface area contributed by atoms with Gasteiger partial charge in [0.15, 0.2) is 5.43 Å². The summed E-state index contributed by atoms with van der Waals surface area (Å²) in [6, 6.07) is 9.95. The Kier molecular flexibility index (Phi) is 2.78. The SMILES string of the molecule is Cc1[nH]c2c(c(=O)c1-c1ccccc1)CCCC2. The lowest BCUT2D eigenvalue weighted by molar-refractivity contribution is 0.662. The number of hydrogen-bond acceptors (Lipinski definition) is 1. The zero-order valence-electron chi connectivity index (χ0n) is 10.6. The number of aromatic amines is 1. The maximum atomic E-state index is 12.6. The second-order valence-electron chi connectivity index (χ2n) is 4.98. The molecule has 0 fully saturated rings. The average Bonchev–Trinajstić information content (AvgIpc) is 2.40. The van der Waals surface area contributed by atoms with Crippen LogP contribution in [-0.2, 0) is 12.8 Å². The van der Waals surface area contributed by atoms with E-state index in [1.165, 1.54) is 6.42 Å². The maximum absolute atomic E-state index is 12.6. The number of hydrogen-bond donors (Lipinski definition) is 1. The second kappa shape index (κ2) is 4.45. The van der Waals surface area contributed by atoms with Crippen LogP contribution in [0.2, 0.25) is 0 Å². The van der Waals surface area contributed by atoms with Crippen LogP contribution in [0.1, 0.15) is 29.8 Å². The van der Waals surface area contributed by atoms with E-state index in [0.717, 1.165) is 47.3 Å². The summed E-state index contributed by atoms with van der Waals surface area (Å²) in [6.45, 7) is 2.00. The second-order valence-corrected chi connectivity index (χ2v) is 4.98. The summed E-state index contributed by atoms with van der Waals surface area (Å²) in [6.07, 6.45) is 4.26. The molecule has 2 nitrogen and oxygen atoms in total. The Morgan fingerprint density at radius 2 is 1.78 bits per heavy atom. The molecular formula is C16H17NO. The van der Waals surface area contributed by atoms with Crippen molar-refractivity contribution in [2.24, 2.45) is 0 Å².